The lowest BCUT2D eigenvalue weighted by molar-refractivity contribution is -0.147. The summed E-state index contributed by atoms with van der Waals surface area (Å²) in [4.78, 5) is 18.8. The first-order chi connectivity index (χ1) is 15.3. The molecule has 1 amide bonds. The first-order valence-electron chi connectivity index (χ1n) is 10.9. The van der Waals surface area contributed by atoms with Gasteiger partial charge in [-0.3, -0.25) is 9.69 Å². The van der Waals surface area contributed by atoms with Crippen LogP contribution in [0.15, 0.2) is 48.5 Å². The highest BCUT2D eigenvalue weighted by Crippen LogP contribution is 2.31. The summed E-state index contributed by atoms with van der Waals surface area (Å²) in [6.45, 7) is 0.199. The molecule has 1 aliphatic carbocycles. The van der Waals surface area contributed by atoms with E-state index in [-0.39, 0.29) is 11.0 Å². The van der Waals surface area contributed by atoms with E-state index in [2.05, 4.69) is 22.2 Å². The third kappa shape index (κ3) is 4.96. The molecule has 4 rings (SSSR count). The quantitative estimate of drug-likeness (QED) is 0.549. The summed E-state index contributed by atoms with van der Waals surface area (Å²) in [7, 11) is 2.09. The van der Waals surface area contributed by atoms with Crippen LogP contribution in [-0.2, 0) is 24.1 Å². The van der Waals surface area contributed by atoms with Crippen molar-refractivity contribution in [1.29, 1.82) is 0 Å². The van der Waals surface area contributed by atoms with E-state index in [4.69, 9.17) is 0 Å². The molecule has 3 aromatic rings. The molecular weight excluding hydrogens is 417 g/mol. The SMILES string of the molecule is CN(Cc1ccccc1NC(=O)Cn1c(C(F)(F)F)nc2ccccc21)C1CCCCC1. The minimum absolute atomic E-state index is 0.210. The van der Waals surface area contributed by atoms with Gasteiger partial charge in [0, 0.05) is 18.3 Å². The van der Waals surface area contributed by atoms with E-state index < -0.39 is 24.5 Å². The van der Waals surface area contributed by atoms with Crippen molar-refractivity contribution >= 4 is 22.6 Å². The molecule has 1 aliphatic rings. The molecule has 1 fully saturated rings. The second kappa shape index (κ2) is 9.32. The third-order valence-corrected chi connectivity index (χ3v) is 6.12. The van der Waals surface area contributed by atoms with E-state index in [1.807, 2.05) is 18.2 Å². The molecule has 0 spiro atoms. The Hall–Kier alpha value is -2.87. The van der Waals surface area contributed by atoms with Crippen LogP contribution in [0.25, 0.3) is 11.0 Å². The Balaban J connectivity index is 1.52. The number of rotatable bonds is 6. The van der Waals surface area contributed by atoms with E-state index in [9.17, 15) is 18.0 Å². The number of carbonyl (C=O) groups is 1. The van der Waals surface area contributed by atoms with Crippen LogP contribution in [0, 0.1) is 0 Å². The van der Waals surface area contributed by atoms with Crippen molar-refractivity contribution in [3.63, 3.8) is 0 Å². The highest BCUT2D eigenvalue weighted by molar-refractivity contribution is 5.92. The van der Waals surface area contributed by atoms with E-state index in [0.717, 1.165) is 10.1 Å². The fourth-order valence-electron chi connectivity index (χ4n) is 4.49. The summed E-state index contributed by atoms with van der Waals surface area (Å²) in [5.41, 5.74) is 2.06. The Kier molecular flexibility index (Phi) is 6.50. The second-order valence-corrected chi connectivity index (χ2v) is 8.42. The van der Waals surface area contributed by atoms with Crippen LogP contribution in [0.3, 0.4) is 0 Å². The Labute approximate surface area is 185 Å². The van der Waals surface area contributed by atoms with Crippen molar-refractivity contribution in [2.75, 3.05) is 12.4 Å². The molecule has 32 heavy (non-hydrogen) atoms. The minimum atomic E-state index is -4.65. The van der Waals surface area contributed by atoms with Crippen LogP contribution >= 0.6 is 0 Å². The zero-order valence-electron chi connectivity index (χ0n) is 18.0. The molecule has 0 bridgehead atoms. The van der Waals surface area contributed by atoms with E-state index in [1.54, 1.807) is 18.2 Å². The topological polar surface area (TPSA) is 50.2 Å². The molecule has 170 valence electrons. The molecule has 0 unspecified atom stereocenters. The van der Waals surface area contributed by atoms with E-state index >= 15 is 0 Å². The van der Waals surface area contributed by atoms with Gasteiger partial charge in [-0.2, -0.15) is 13.2 Å². The van der Waals surface area contributed by atoms with Gasteiger partial charge in [0.2, 0.25) is 11.7 Å². The van der Waals surface area contributed by atoms with Gasteiger partial charge in [0.25, 0.3) is 0 Å². The van der Waals surface area contributed by atoms with E-state index in [1.165, 1.54) is 44.2 Å². The minimum Gasteiger partial charge on any atom is -0.324 e. The summed E-state index contributed by atoms with van der Waals surface area (Å²) in [5.74, 6) is -1.59. The molecular formula is C24H27F3N4O. The van der Waals surface area contributed by atoms with Gasteiger partial charge in [0.15, 0.2) is 0 Å². The molecule has 0 aliphatic heterocycles. The highest BCUT2D eigenvalue weighted by Gasteiger charge is 2.38. The smallest absolute Gasteiger partial charge is 0.324 e. The highest BCUT2D eigenvalue weighted by atomic mass is 19.4. The summed E-state index contributed by atoms with van der Waals surface area (Å²) >= 11 is 0. The van der Waals surface area contributed by atoms with Crippen molar-refractivity contribution in [1.82, 2.24) is 14.5 Å². The van der Waals surface area contributed by atoms with Crippen molar-refractivity contribution in [3.8, 4) is 0 Å². The summed E-state index contributed by atoms with van der Waals surface area (Å²) in [6.07, 6.45) is 1.42. The molecule has 0 radical (unpaired) electrons. The predicted molar refractivity (Wildman–Crippen MR) is 118 cm³/mol. The zero-order chi connectivity index (χ0) is 22.7. The maximum atomic E-state index is 13.5. The number of hydrogen-bond donors (Lipinski definition) is 1. The van der Waals surface area contributed by atoms with Crippen molar-refractivity contribution in [2.45, 2.75) is 57.4 Å². The Morgan fingerprint density at radius 1 is 1.09 bits per heavy atom. The Morgan fingerprint density at radius 3 is 2.53 bits per heavy atom. The van der Waals surface area contributed by atoms with Gasteiger partial charge in [-0.05, 0) is 43.7 Å². The van der Waals surface area contributed by atoms with Gasteiger partial charge in [-0.1, -0.05) is 49.6 Å². The van der Waals surface area contributed by atoms with Gasteiger partial charge in [-0.15, -0.1) is 0 Å². The molecule has 1 heterocycles. The number of aromatic nitrogens is 2. The largest absolute Gasteiger partial charge is 0.449 e. The molecule has 8 heteroatoms. The number of fused-ring (bicyclic) bond motifs is 1. The third-order valence-electron chi connectivity index (χ3n) is 6.12. The maximum absolute atomic E-state index is 13.5. The number of nitrogens with one attached hydrogen (secondary N) is 1. The van der Waals surface area contributed by atoms with Gasteiger partial charge < -0.3 is 9.88 Å². The lowest BCUT2D eigenvalue weighted by Gasteiger charge is -2.31. The number of benzene rings is 2. The average Bonchev–Trinajstić information content (AvgIpc) is 3.14. The summed E-state index contributed by atoms with van der Waals surface area (Å²) in [6, 6.07) is 14.3. The van der Waals surface area contributed by atoms with Crippen LogP contribution in [0.5, 0.6) is 0 Å². The number of carbonyl (C=O) groups excluding carboxylic acids is 1. The van der Waals surface area contributed by atoms with Crippen LogP contribution in [0.1, 0.15) is 43.5 Å². The fraction of sp³-hybridized carbons (Fsp3) is 0.417. The number of nitrogens with zero attached hydrogens (tertiary/aromatic N) is 3. The number of anilines is 1. The number of para-hydroxylation sites is 3. The van der Waals surface area contributed by atoms with Gasteiger partial charge in [0.05, 0.1) is 11.0 Å². The number of halogens is 3. The zero-order valence-corrected chi connectivity index (χ0v) is 18.0. The van der Waals surface area contributed by atoms with Gasteiger partial charge in [0.1, 0.15) is 6.54 Å². The van der Waals surface area contributed by atoms with Crippen molar-refractivity contribution < 1.29 is 18.0 Å². The second-order valence-electron chi connectivity index (χ2n) is 8.42. The summed E-state index contributed by atoms with van der Waals surface area (Å²) < 4.78 is 41.5. The standard InChI is InChI=1S/C24H27F3N4O/c1-30(18-10-3-2-4-11-18)15-17-9-5-6-12-19(17)28-22(32)16-31-21-14-8-7-13-20(21)29-23(31)24(25,26)27/h5-9,12-14,18H,2-4,10-11,15-16H2,1H3,(H,28,32). The molecule has 1 aromatic heterocycles. The molecule has 5 nitrogen and oxygen atoms in total. The lowest BCUT2D eigenvalue weighted by atomic mass is 9.94. The molecule has 2 aromatic carbocycles. The monoisotopic (exact) mass is 444 g/mol. The first kappa shape index (κ1) is 22.3. The molecule has 0 atom stereocenters. The summed E-state index contributed by atoms with van der Waals surface area (Å²) in [5, 5.41) is 2.82. The average molecular weight is 445 g/mol. The predicted octanol–water partition coefficient (Wildman–Crippen LogP) is 5.46. The van der Waals surface area contributed by atoms with Crippen LogP contribution in [0.4, 0.5) is 18.9 Å². The fourth-order valence-corrected chi connectivity index (χ4v) is 4.49. The molecule has 1 saturated carbocycles. The van der Waals surface area contributed by atoms with Gasteiger partial charge >= 0.3 is 6.18 Å². The Morgan fingerprint density at radius 2 is 1.78 bits per heavy atom. The van der Waals surface area contributed by atoms with Gasteiger partial charge in [-0.25, -0.2) is 4.98 Å². The first-order valence-corrected chi connectivity index (χ1v) is 10.9. The molecule has 1 N–H and O–H groups in total. The lowest BCUT2D eigenvalue weighted by Crippen LogP contribution is -2.33. The maximum Gasteiger partial charge on any atom is 0.449 e. The van der Waals surface area contributed by atoms with E-state index in [0.29, 0.717) is 18.3 Å². The molecule has 0 saturated heterocycles. The number of imidazole rings is 1. The van der Waals surface area contributed by atoms with Crippen LogP contribution in [-0.4, -0.2) is 33.4 Å². The van der Waals surface area contributed by atoms with Crippen LogP contribution in [0.2, 0.25) is 0 Å². The Bertz CT molecular complexity index is 1090. The van der Waals surface area contributed by atoms with Crippen molar-refractivity contribution in [2.24, 2.45) is 0 Å². The van der Waals surface area contributed by atoms with Crippen LogP contribution < -0.4 is 5.32 Å². The normalized spacial score (nSPS) is 15.4. The number of amides is 1. The van der Waals surface area contributed by atoms with Crippen molar-refractivity contribution in [3.05, 3.63) is 59.9 Å². The number of alkyl halides is 3. The number of hydrogen-bond acceptors (Lipinski definition) is 3.